The van der Waals surface area contributed by atoms with E-state index in [4.69, 9.17) is 0 Å². The molecule has 0 saturated carbocycles. The summed E-state index contributed by atoms with van der Waals surface area (Å²) in [5.41, 5.74) is 3.86. The minimum Gasteiger partial charge on any atom is -0.744 e. The molecule has 1 aliphatic carbocycles. The molecule has 21 heavy (non-hydrogen) atoms. The molecule has 0 spiro atoms. The van der Waals surface area contributed by atoms with E-state index in [1.807, 2.05) is 36.4 Å². The van der Waals surface area contributed by atoms with Crippen LogP contribution in [0.3, 0.4) is 0 Å². The van der Waals surface area contributed by atoms with Crippen molar-refractivity contribution in [3.05, 3.63) is 54.6 Å². The Kier molecular flexibility index (Phi) is 3.47. The zero-order valence-electron chi connectivity index (χ0n) is 11.3. The van der Waals surface area contributed by atoms with Gasteiger partial charge in [0, 0.05) is 0 Å². The first-order chi connectivity index (χ1) is 9.55. The minimum atomic E-state index is -4.43. The molecule has 0 fully saturated rings. The third-order valence-electron chi connectivity index (χ3n) is 3.76. The number of hydrogen-bond acceptors (Lipinski definition) is 3. The zero-order chi connectivity index (χ0) is 13.9. The molecule has 0 aromatic heterocycles. The van der Waals surface area contributed by atoms with E-state index in [-0.39, 0.29) is 34.5 Å². The first-order valence-electron chi connectivity index (χ1n) is 6.18. The summed E-state index contributed by atoms with van der Waals surface area (Å²) in [6, 6.07) is 16.5. The van der Waals surface area contributed by atoms with Crippen LogP contribution >= 0.6 is 0 Å². The van der Waals surface area contributed by atoms with Crippen molar-refractivity contribution in [1.82, 2.24) is 0 Å². The SMILES string of the molecule is O=S(=O)([O-])c1ccc2c(c1)-c1cccc3cccc-2c13.[Na+]. The van der Waals surface area contributed by atoms with Crippen LogP contribution in [0.5, 0.6) is 0 Å². The molecule has 3 aromatic rings. The van der Waals surface area contributed by atoms with E-state index < -0.39 is 10.1 Å². The fourth-order valence-corrected chi connectivity index (χ4v) is 3.42. The van der Waals surface area contributed by atoms with E-state index in [1.54, 1.807) is 6.07 Å². The second kappa shape index (κ2) is 4.93. The molecule has 0 unspecified atom stereocenters. The Morgan fingerprint density at radius 3 is 2.00 bits per heavy atom. The number of fused-ring (bicyclic) bond motifs is 3. The van der Waals surface area contributed by atoms with Gasteiger partial charge in [0.1, 0.15) is 10.1 Å². The molecule has 0 atom stereocenters. The quantitative estimate of drug-likeness (QED) is 0.378. The van der Waals surface area contributed by atoms with Crippen LogP contribution in [-0.2, 0) is 10.1 Å². The summed E-state index contributed by atoms with van der Waals surface area (Å²) < 4.78 is 33.6. The van der Waals surface area contributed by atoms with Crippen molar-refractivity contribution in [1.29, 1.82) is 0 Å². The maximum absolute atomic E-state index is 11.2. The maximum atomic E-state index is 11.2. The summed E-state index contributed by atoms with van der Waals surface area (Å²) >= 11 is 0. The fourth-order valence-electron chi connectivity index (χ4n) is 2.93. The van der Waals surface area contributed by atoms with E-state index in [1.165, 1.54) is 12.1 Å². The molecule has 0 heterocycles. The van der Waals surface area contributed by atoms with Gasteiger partial charge in [-0.2, -0.15) is 0 Å². The van der Waals surface area contributed by atoms with Gasteiger partial charge >= 0.3 is 29.6 Å². The van der Waals surface area contributed by atoms with Crippen molar-refractivity contribution in [2.24, 2.45) is 0 Å². The monoisotopic (exact) mass is 304 g/mol. The van der Waals surface area contributed by atoms with E-state index >= 15 is 0 Å². The minimum absolute atomic E-state index is 0. The standard InChI is InChI=1S/C16H10O3S.Na/c17-20(18,19)11-7-8-12-13-5-1-3-10-4-2-6-14(16(10)13)15(12)9-11;/h1-9H,(H,17,18,19);/q;+1/p-1. The van der Waals surface area contributed by atoms with Crippen molar-refractivity contribution in [2.75, 3.05) is 0 Å². The summed E-state index contributed by atoms with van der Waals surface area (Å²) in [4.78, 5) is -0.180. The Morgan fingerprint density at radius 2 is 1.38 bits per heavy atom. The number of hydrogen-bond donors (Lipinski definition) is 0. The summed E-state index contributed by atoms with van der Waals surface area (Å²) in [6.07, 6.45) is 0. The van der Waals surface area contributed by atoms with Crippen molar-refractivity contribution < 1.29 is 42.5 Å². The van der Waals surface area contributed by atoms with Crippen LogP contribution < -0.4 is 29.6 Å². The molecule has 0 amide bonds. The summed E-state index contributed by atoms with van der Waals surface area (Å²) in [5, 5.41) is 2.23. The molecule has 4 rings (SSSR count). The fraction of sp³-hybridized carbons (Fsp3) is 0. The predicted octanol–water partition coefficient (Wildman–Crippen LogP) is 0.395. The average Bonchev–Trinajstić information content (AvgIpc) is 2.75. The van der Waals surface area contributed by atoms with Gasteiger partial charge in [0.25, 0.3) is 0 Å². The third-order valence-corrected chi connectivity index (χ3v) is 4.60. The van der Waals surface area contributed by atoms with Gasteiger partial charge in [-0.1, -0.05) is 42.5 Å². The van der Waals surface area contributed by atoms with Crippen molar-refractivity contribution in [2.45, 2.75) is 4.90 Å². The van der Waals surface area contributed by atoms with Crippen LogP contribution in [0, 0.1) is 0 Å². The molecule has 3 nitrogen and oxygen atoms in total. The van der Waals surface area contributed by atoms with Gasteiger partial charge < -0.3 is 4.55 Å². The molecule has 98 valence electrons. The second-order valence-electron chi connectivity index (χ2n) is 4.87. The van der Waals surface area contributed by atoms with Crippen molar-refractivity contribution in [3.8, 4) is 22.3 Å². The molecule has 0 aliphatic heterocycles. The number of rotatable bonds is 1. The zero-order valence-corrected chi connectivity index (χ0v) is 14.1. The Balaban J connectivity index is 0.00000132. The Hall–Kier alpha value is -1.17. The Bertz CT molecular complexity index is 973. The van der Waals surface area contributed by atoms with Gasteiger partial charge in [-0.05, 0) is 45.2 Å². The topological polar surface area (TPSA) is 57.2 Å². The molecule has 0 N–H and O–H groups in total. The summed E-state index contributed by atoms with van der Waals surface area (Å²) in [7, 11) is -4.43. The molecular formula is C16H9NaO3S. The van der Waals surface area contributed by atoms with Crippen LogP contribution in [0.25, 0.3) is 33.0 Å². The summed E-state index contributed by atoms with van der Waals surface area (Å²) in [6.45, 7) is 0. The number of benzene rings is 3. The second-order valence-corrected chi connectivity index (χ2v) is 6.25. The van der Waals surface area contributed by atoms with Gasteiger partial charge in [0.15, 0.2) is 0 Å². The van der Waals surface area contributed by atoms with Crippen LogP contribution in [0.4, 0.5) is 0 Å². The van der Waals surface area contributed by atoms with Crippen LogP contribution in [0.2, 0.25) is 0 Å². The van der Waals surface area contributed by atoms with E-state index in [9.17, 15) is 13.0 Å². The van der Waals surface area contributed by atoms with E-state index in [2.05, 4.69) is 0 Å². The third kappa shape index (κ3) is 2.15. The van der Waals surface area contributed by atoms with Gasteiger partial charge in [0.2, 0.25) is 0 Å². The first kappa shape index (κ1) is 14.8. The molecule has 1 aliphatic rings. The van der Waals surface area contributed by atoms with Gasteiger partial charge in [-0.3, -0.25) is 0 Å². The Morgan fingerprint density at radius 1 is 0.762 bits per heavy atom. The molecule has 0 radical (unpaired) electrons. The van der Waals surface area contributed by atoms with Crippen LogP contribution in [0.15, 0.2) is 59.5 Å². The van der Waals surface area contributed by atoms with E-state index in [0.29, 0.717) is 0 Å². The average molecular weight is 304 g/mol. The van der Waals surface area contributed by atoms with Crippen molar-refractivity contribution >= 4 is 20.9 Å². The largest absolute Gasteiger partial charge is 1.00 e. The van der Waals surface area contributed by atoms with Crippen LogP contribution in [0.1, 0.15) is 0 Å². The smallest absolute Gasteiger partial charge is 0.744 e. The summed E-state index contributed by atoms with van der Waals surface area (Å²) in [5.74, 6) is 0. The normalized spacial score (nSPS) is 12.0. The van der Waals surface area contributed by atoms with Gasteiger partial charge in [-0.15, -0.1) is 0 Å². The first-order valence-corrected chi connectivity index (χ1v) is 7.59. The van der Waals surface area contributed by atoms with Crippen LogP contribution in [-0.4, -0.2) is 13.0 Å². The van der Waals surface area contributed by atoms with Crippen molar-refractivity contribution in [3.63, 3.8) is 0 Å². The Labute approximate surface area is 144 Å². The molecular weight excluding hydrogens is 295 g/mol. The van der Waals surface area contributed by atoms with E-state index in [0.717, 1.165) is 33.0 Å². The molecule has 3 aromatic carbocycles. The van der Waals surface area contributed by atoms with Gasteiger partial charge in [0.05, 0.1) is 4.90 Å². The predicted molar refractivity (Wildman–Crippen MR) is 76.3 cm³/mol. The molecule has 5 heteroatoms. The van der Waals surface area contributed by atoms with Gasteiger partial charge in [-0.25, -0.2) is 8.42 Å². The molecule has 0 bridgehead atoms. The maximum Gasteiger partial charge on any atom is 1.00 e. The molecule has 0 saturated heterocycles.